The van der Waals surface area contributed by atoms with E-state index in [9.17, 15) is 0 Å². The molecular weight excluding hydrogens is 260 g/mol. The Labute approximate surface area is 118 Å². The molecule has 1 unspecified atom stereocenters. The van der Waals surface area contributed by atoms with Gasteiger partial charge in [-0.15, -0.1) is 11.3 Å². The molecule has 0 radical (unpaired) electrons. The van der Waals surface area contributed by atoms with Gasteiger partial charge in [0.15, 0.2) is 0 Å². The fourth-order valence-electron chi connectivity index (χ4n) is 2.33. The molecule has 0 bridgehead atoms. The highest BCUT2D eigenvalue weighted by atomic mass is 32.1. The van der Waals surface area contributed by atoms with Crippen molar-refractivity contribution >= 4 is 17.3 Å². The second kappa shape index (κ2) is 7.47. The van der Waals surface area contributed by atoms with Crippen molar-refractivity contribution in [2.24, 2.45) is 10.8 Å². The van der Waals surface area contributed by atoms with Gasteiger partial charge in [0.2, 0.25) is 5.96 Å². The Morgan fingerprint density at radius 2 is 2.53 bits per heavy atom. The third kappa shape index (κ3) is 3.92. The zero-order chi connectivity index (χ0) is 13.5. The summed E-state index contributed by atoms with van der Waals surface area (Å²) in [5.41, 5.74) is 4.05. The predicted octanol–water partition coefficient (Wildman–Crippen LogP) is 1.57. The molecule has 1 aliphatic rings. The van der Waals surface area contributed by atoms with Crippen molar-refractivity contribution < 1.29 is 4.74 Å². The maximum absolute atomic E-state index is 5.53. The Kier molecular flexibility index (Phi) is 5.62. The van der Waals surface area contributed by atoms with Crippen LogP contribution in [0.5, 0.6) is 0 Å². The summed E-state index contributed by atoms with van der Waals surface area (Å²) in [6, 6.07) is 2.53. The van der Waals surface area contributed by atoms with Crippen molar-refractivity contribution in [3.05, 3.63) is 21.9 Å². The molecule has 1 aromatic rings. The summed E-state index contributed by atoms with van der Waals surface area (Å²) in [6.07, 6.45) is 4.44. The number of rotatable bonds is 5. The van der Waals surface area contributed by atoms with E-state index in [-0.39, 0.29) is 0 Å². The summed E-state index contributed by atoms with van der Waals surface area (Å²) in [5.74, 6) is 6.19. The average molecular weight is 282 g/mol. The first kappa shape index (κ1) is 14.3. The molecule has 1 atom stereocenters. The molecule has 1 aromatic heterocycles. The van der Waals surface area contributed by atoms with E-state index in [1.54, 1.807) is 7.11 Å². The van der Waals surface area contributed by atoms with Crippen molar-refractivity contribution in [2.45, 2.75) is 31.7 Å². The minimum absolute atomic E-state index is 0.326. The highest BCUT2D eigenvalue weighted by Crippen LogP contribution is 2.33. The minimum atomic E-state index is 0.326. The number of guanidine groups is 1. The van der Waals surface area contributed by atoms with Crippen LogP contribution >= 0.6 is 11.3 Å². The Morgan fingerprint density at radius 3 is 3.32 bits per heavy atom. The normalized spacial score (nSPS) is 19.1. The maximum atomic E-state index is 5.53. The highest BCUT2D eigenvalue weighted by molar-refractivity contribution is 7.10. The molecule has 0 aromatic carbocycles. The topological polar surface area (TPSA) is 71.7 Å². The van der Waals surface area contributed by atoms with Crippen LogP contribution in [-0.4, -0.2) is 26.2 Å². The van der Waals surface area contributed by atoms with Gasteiger partial charge in [-0.2, -0.15) is 0 Å². The Balaban J connectivity index is 1.92. The van der Waals surface area contributed by atoms with E-state index in [0.717, 1.165) is 19.4 Å². The summed E-state index contributed by atoms with van der Waals surface area (Å²) in [5, 5.41) is 5.57. The van der Waals surface area contributed by atoms with Gasteiger partial charge in [-0.1, -0.05) is 0 Å². The lowest BCUT2D eigenvalue weighted by atomic mass is 9.94. The molecule has 5 nitrogen and oxygen atoms in total. The number of nitrogens with one attached hydrogen (secondary N) is 2. The standard InChI is InChI=1S/C13H22N4OS/c1-18-8-3-7-15-13(17-14)16-11-4-2-5-12-10(11)6-9-19-12/h6,9,11H,2-5,7-8,14H2,1H3,(H2,15,16,17). The number of fused-ring (bicyclic) bond motifs is 1. The molecule has 19 heavy (non-hydrogen) atoms. The molecule has 6 heteroatoms. The fraction of sp³-hybridized carbons (Fsp3) is 0.615. The van der Waals surface area contributed by atoms with E-state index >= 15 is 0 Å². The van der Waals surface area contributed by atoms with E-state index in [1.807, 2.05) is 11.3 Å². The second-order valence-corrected chi connectivity index (χ2v) is 5.61. The van der Waals surface area contributed by atoms with E-state index in [2.05, 4.69) is 27.2 Å². The monoisotopic (exact) mass is 282 g/mol. The summed E-state index contributed by atoms with van der Waals surface area (Å²) < 4.78 is 5.00. The van der Waals surface area contributed by atoms with Crippen LogP contribution in [-0.2, 0) is 11.2 Å². The first-order valence-corrected chi connectivity index (χ1v) is 7.56. The van der Waals surface area contributed by atoms with Crippen molar-refractivity contribution in [3.8, 4) is 0 Å². The van der Waals surface area contributed by atoms with Crippen LogP contribution in [0.25, 0.3) is 0 Å². The molecule has 4 N–H and O–H groups in total. The summed E-state index contributed by atoms with van der Waals surface area (Å²) in [4.78, 5) is 5.91. The zero-order valence-corrected chi connectivity index (χ0v) is 12.1. The van der Waals surface area contributed by atoms with Gasteiger partial charge in [-0.25, -0.2) is 5.84 Å². The molecule has 0 spiro atoms. The Bertz CT molecular complexity index is 419. The largest absolute Gasteiger partial charge is 0.385 e. The summed E-state index contributed by atoms with van der Waals surface area (Å²) >= 11 is 1.84. The van der Waals surface area contributed by atoms with Crippen molar-refractivity contribution in [1.82, 2.24) is 10.7 Å². The lowest BCUT2D eigenvalue weighted by Crippen LogP contribution is -2.44. The molecule has 0 fully saturated rings. The van der Waals surface area contributed by atoms with Crippen LogP contribution in [0.1, 0.15) is 35.7 Å². The number of ether oxygens (including phenoxy) is 1. The number of hydrogen-bond acceptors (Lipinski definition) is 4. The van der Waals surface area contributed by atoms with E-state index in [1.165, 1.54) is 23.3 Å². The second-order valence-electron chi connectivity index (χ2n) is 4.61. The van der Waals surface area contributed by atoms with Crippen LogP contribution in [0.4, 0.5) is 0 Å². The maximum Gasteiger partial charge on any atom is 0.206 e. The minimum Gasteiger partial charge on any atom is -0.385 e. The quantitative estimate of drug-likeness (QED) is 0.252. The Hall–Kier alpha value is -1.11. The number of hydrogen-bond donors (Lipinski definition) is 3. The van der Waals surface area contributed by atoms with Gasteiger partial charge in [-0.3, -0.25) is 10.4 Å². The summed E-state index contributed by atoms with van der Waals surface area (Å²) in [7, 11) is 1.70. The number of nitrogens with zero attached hydrogens (tertiary/aromatic N) is 1. The molecule has 1 aliphatic carbocycles. The molecule has 0 aliphatic heterocycles. The van der Waals surface area contributed by atoms with Crippen LogP contribution in [0, 0.1) is 0 Å². The number of aryl methyl sites for hydroxylation is 1. The third-order valence-electron chi connectivity index (χ3n) is 3.28. The van der Waals surface area contributed by atoms with Gasteiger partial charge in [-0.05, 0) is 42.7 Å². The molecule has 0 saturated carbocycles. The predicted molar refractivity (Wildman–Crippen MR) is 79.3 cm³/mol. The van der Waals surface area contributed by atoms with Crippen molar-refractivity contribution in [3.63, 3.8) is 0 Å². The molecule has 106 valence electrons. The lowest BCUT2D eigenvalue weighted by Gasteiger charge is -2.25. The van der Waals surface area contributed by atoms with Crippen molar-refractivity contribution in [1.29, 1.82) is 0 Å². The lowest BCUT2D eigenvalue weighted by molar-refractivity contribution is 0.197. The fourth-order valence-corrected chi connectivity index (χ4v) is 3.32. The van der Waals surface area contributed by atoms with Crippen LogP contribution in [0.3, 0.4) is 0 Å². The highest BCUT2D eigenvalue weighted by Gasteiger charge is 2.21. The molecule has 1 heterocycles. The third-order valence-corrected chi connectivity index (χ3v) is 4.27. The van der Waals surface area contributed by atoms with Gasteiger partial charge in [0, 0.05) is 25.1 Å². The van der Waals surface area contributed by atoms with Crippen LogP contribution in [0.15, 0.2) is 16.4 Å². The molecule has 2 rings (SSSR count). The number of aliphatic imine (C=N–C) groups is 1. The number of hydrazine groups is 1. The van der Waals surface area contributed by atoms with Gasteiger partial charge in [0.1, 0.15) is 0 Å². The van der Waals surface area contributed by atoms with E-state index in [0.29, 0.717) is 18.5 Å². The van der Waals surface area contributed by atoms with Gasteiger partial charge in [0.25, 0.3) is 0 Å². The zero-order valence-electron chi connectivity index (χ0n) is 11.3. The van der Waals surface area contributed by atoms with E-state index in [4.69, 9.17) is 10.6 Å². The number of thiophene rings is 1. The smallest absolute Gasteiger partial charge is 0.206 e. The molecular formula is C13H22N4OS. The number of methoxy groups -OCH3 is 1. The Morgan fingerprint density at radius 1 is 1.63 bits per heavy atom. The van der Waals surface area contributed by atoms with Gasteiger partial charge >= 0.3 is 0 Å². The molecule has 0 saturated heterocycles. The average Bonchev–Trinajstić information content (AvgIpc) is 2.91. The SMILES string of the molecule is COCCCN=C(NN)NC1CCCc2sccc21. The van der Waals surface area contributed by atoms with E-state index < -0.39 is 0 Å². The number of nitrogens with two attached hydrogens (primary N) is 1. The van der Waals surface area contributed by atoms with Gasteiger partial charge < -0.3 is 10.1 Å². The first-order chi connectivity index (χ1) is 9.35. The molecule has 0 amide bonds. The van der Waals surface area contributed by atoms with Crippen LogP contribution < -0.4 is 16.6 Å². The first-order valence-electron chi connectivity index (χ1n) is 6.68. The summed E-state index contributed by atoms with van der Waals surface area (Å²) in [6.45, 7) is 1.43. The van der Waals surface area contributed by atoms with Crippen LogP contribution in [0.2, 0.25) is 0 Å². The van der Waals surface area contributed by atoms with Crippen molar-refractivity contribution in [2.75, 3.05) is 20.3 Å². The van der Waals surface area contributed by atoms with Gasteiger partial charge in [0.05, 0.1) is 6.04 Å².